The van der Waals surface area contributed by atoms with Gasteiger partial charge in [-0.25, -0.2) is 9.59 Å². The fraction of sp³-hybridized carbons (Fsp3) is 0.267. The topological polar surface area (TPSA) is 88.4 Å². The van der Waals surface area contributed by atoms with Crippen LogP contribution in [0.5, 0.6) is 0 Å². The minimum Gasteiger partial charge on any atom is -0.462 e. The van der Waals surface area contributed by atoms with Crippen LogP contribution in [0, 0.1) is 11.3 Å². The minimum atomic E-state index is -0.789. The Morgan fingerprint density at radius 1 is 1.27 bits per heavy atom. The Labute approximate surface area is 133 Å². The predicted octanol–water partition coefficient (Wildman–Crippen LogP) is 2.63. The summed E-state index contributed by atoms with van der Waals surface area (Å²) in [5.41, 5.74) is 0.498. The maximum atomic E-state index is 11.8. The Balaban J connectivity index is 3.00. The zero-order valence-electron chi connectivity index (χ0n) is 12.2. The van der Waals surface area contributed by atoms with Crippen molar-refractivity contribution in [3.05, 3.63) is 40.6 Å². The van der Waals surface area contributed by atoms with Crippen LogP contribution in [-0.2, 0) is 19.1 Å². The van der Waals surface area contributed by atoms with Crippen LogP contribution < -0.4 is 5.32 Å². The van der Waals surface area contributed by atoms with Gasteiger partial charge in [-0.15, -0.1) is 0 Å². The van der Waals surface area contributed by atoms with Gasteiger partial charge in [-0.05, 0) is 32.0 Å². The van der Waals surface area contributed by atoms with E-state index in [9.17, 15) is 9.59 Å². The molecule has 1 aromatic rings. The van der Waals surface area contributed by atoms with Gasteiger partial charge in [0.25, 0.3) is 0 Å². The molecule has 0 heterocycles. The first-order valence-electron chi connectivity index (χ1n) is 6.54. The number of esters is 2. The predicted molar refractivity (Wildman–Crippen MR) is 81.1 cm³/mol. The molecule has 0 aliphatic heterocycles. The molecule has 0 spiro atoms. The van der Waals surface area contributed by atoms with Crippen molar-refractivity contribution in [3.63, 3.8) is 0 Å². The molecule has 116 valence electrons. The number of benzene rings is 1. The van der Waals surface area contributed by atoms with Gasteiger partial charge in [0.05, 0.1) is 23.8 Å². The van der Waals surface area contributed by atoms with Gasteiger partial charge in [-0.3, -0.25) is 0 Å². The first-order chi connectivity index (χ1) is 10.5. The average Bonchev–Trinajstić information content (AvgIpc) is 2.49. The highest BCUT2D eigenvalue weighted by Gasteiger charge is 2.20. The molecule has 7 heteroatoms. The van der Waals surface area contributed by atoms with Crippen LogP contribution >= 0.6 is 11.6 Å². The third-order valence-electron chi connectivity index (χ3n) is 2.46. The third-order valence-corrected chi connectivity index (χ3v) is 2.79. The summed E-state index contributed by atoms with van der Waals surface area (Å²) in [6.07, 6.45) is 1.18. The number of ether oxygens (including phenoxy) is 2. The second-order valence-corrected chi connectivity index (χ2v) is 4.36. The lowest BCUT2D eigenvalue weighted by Gasteiger charge is -2.08. The molecule has 0 aromatic heterocycles. The molecule has 22 heavy (non-hydrogen) atoms. The Morgan fingerprint density at radius 3 is 2.36 bits per heavy atom. The monoisotopic (exact) mass is 322 g/mol. The van der Waals surface area contributed by atoms with Gasteiger partial charge >= 0.3 is 11.9 Å². The summed E-state index contributed by atoms with van der Waals surface area (Å²) in [7, 11) is 0. The van der Waals surface area contributed by atoms with Crippen molar-refractivity contribution in [3.8, 4) is 6.07 Å². The van der Waals surface area contributed by atoms with Crippen LogP contribution in [0.15, 0.2) is 30.0 Å². The Kier molecular flexibility index (Phi) is 6.93. The smallest absolute Gasteiger partial charge is 0.347 e. The number of nitrogens with zero attached hydrogens (tertiary/aromatic N) is 1. The fourth-order valence-corrected chi connectivity index (χ4v) is 1.63. The SMILES string of the molecule is CCOC(=O)C(=CNc1ccc(Cl)c(C#N)c1)C(=O)OCC. The zero-order chi connectivity index (χ0) is 16.5. The molecule has 0 saturated carbocycles. The molecular weight excluding hydrogens is 308 g/mol. The largest absolute Gasteiger partial charge is 0.462 e. The number of hydrogen-bond acceptors (Lipinski definition) is 6. The zero-order valence-corrected chi connectivity index (χ0v) is 12.9. The lowest BCUT2D eigenvalue weighted by Crippen LogP contribution is -2.19. The molecule has 0 atom stereocenters. The summed E-state index contributed by atoms with van der Waals surface area (Å²) in [5.74, 6) is -1.58. The van der Waals surface area contributed by atoms with Crippen molar-refractivity contribution in [2.24, 2.45) is 0 Å². The van der Waals surface area contributed by atoms with Gasteiger partial charge in [0.1, 0.15) is 6.07 Å². The summed E-state index contributed by atoms with van der Waals surface area (Å²) in [6, 6.07) is 6.56. The first-order valence-corrected chi connectivity index (χ1v) is 6.91. The van der Waals surface area contributed by atoms with E-state index >= 15 is 0 Å². The first kappa shape index (κ1) is 17.5. The van der Waals surface area contributed by atoms with Crippen LogP contribution in [0.25, 0.3) is 0 Å². The van der Waals surface area contributed by atoms with E-state index in [4.69, 9.17) is 26.3 Å². The van der Waals surface area contributed by atoms with E-state index in [-0.39, 0.29) is 24.4 Å². The second kappa shape index (κ2) is 8.70. The number of anilines is 1. The van der Waals surface area contributed by atoms with Crippen LogP contribution in [0.1, 0.15) is 19.4 Å². The van der Waals surface area contributed by atoms with Crippen molar-refractivity contribution < 1.29 is 19.1 Å². The molecule has 6 nitrogen and oxygen atoms in total. The molecule has 0 saturated heterocycles. The van der Waals surface area contributed by atoms with E-state index in [1.807, 2.05) is 6.07 Å². The highest BCUT2D eigenvalue weighted by Crippen LogP contribution is 2.20. The number of nitriles is 1. The van der Waals surface area contributed by atoms with Crippen LogP contribution in [0.4, 0.5) is 5.69 Å². The number of carbonyl (C=O) groups is 2. The van der Waals surface area contributed by atoms with E-state index in [0.717, 1.165) is 0 Å². The minimum absolute atomic E-state index is 0.134. The van der Waals surface area contributed by atoms with E-state index in [2.05, 4.69) is 5.32 Å². The maximum absolute atomic E-state index is 11.8. The van der Waals surface area contributed by atoms with E-state index in [1.54, 1.807) is 19.9 Å². The van der Waals surface area contributed by atoms with Crippen molar-refractivity contribution in [2.45, 2.75) is 13.8 Å². The maximum Gasteiger partial charge on any atom is 0.347 e. The van der Waals surface area contributed by atoms with E-state index in [0.29, 0.717) is 10.7 Å². The molecule has 1 rings (SSSR count). The van der Waals surface area contributed by atoms with Gasteiger partial charge in [0, 0.05) is 11.9 Å². The number of carbonyl (C=O) groups excluding carboxylic acids is 2. The van der Waals surface area contributed by atoms with Crippen LogP contribution in [0.3, 0.4) is 0 Å². The fourth-order valence-electron chi connectivity index (χ4n) is 1.48. The molecule has 0 fully saturated rings. The summed E-state index contributed by atoms with van der Waals surface area (Å²) < 4.78 is 9.60. The summed E-state index contributed by atoms with van der Waals surface area (Å²) in [5, 5.41) is 12.0. The Morgan fingerprint density at radius 2 is 1.86 bits per heavy atom. The van der Waals surface area contributed by atoms with Crippen molar-refractivity contribution in [1.82, 2.24) is 0 Å². The van der Waals surface area contributed by atoms with E-state index < -0.39 is 11.9 Å². The second-order valence-electron chi connectivity index (χ2n) is 3.95. The molecule has 1 aromatic carbocycles. The third kappa shape index (κ3) is 4.79. The number of hydrogen-bond donors (Lipinski definition) is 1. The lowest BCUT2D eigenvalue weighted by molar-refractivity contribution is -0.146. The van der Waals surface area contributed by atoms with Gasteiger partial charge in [0.15, 0.2) is 5.57 Å². The molecule has 0 aliphatic carbocycles. The normalized spacial score (nSPS) is 9.36. The molecule has 1 N–H and O–H groups in total. The summed E-state index contributed by atoms with van der Waals surface area (Å²) in [4.78, 5) is 23.5. The van der Waals surface area contributed by atoms with Gasteiger partial charge in [-0.1, -0.05) is 11.6 Å². The Hall–Kier alpha value is -2.52. The Bertz CT molecular complexity index is 615. The van der Waals surface area contributed by atoms with Gasteiger partial charge < -0.3 is 14.8 Å². The highest BCUT2D eigenvalue weighted by molar-refractivity contribution is 6.31. The number of halogens is 1. The lowest BCUT2D eigenvalue weighted by atomic mass is 10.2. The van der Waals surface area contributed by atoms with Crippen molar-refractivity contribution in [2.75, 3.05) is 18.5 Å². The molecule has 0 aliphatic rings. The molecule has 0 unspecified atom stereocenters. The highest BCUT2D eigenvalue weighted by atomic mass is 35.5. The number of nitrogens with one attached hydrogen (secondary N) is 1. The van der Waals surface area contributed by atoms with Crippen LogP contribution in [-0.4, -0.2) is 25.2 Å². The summed E-state index contributed by atoms with van der Waals surface area (Å²) in [6.45, 7) is 3.53. The molecule has 0 amide bonds. The van der Waals surface area contributed by atoms with Gasteiger partial charge in [-0.2, -0.15) is 5.26 Å². The molecular formula is C15H15ClN2O4. The van der Waals surface area contributed by atoms with E-state index in [1.165, 1.54) is 18.3 Å². The van der Waals surface area contributed by atoms with Crippen molar-refractivity contribution >= 4 is 29.2 Å². The number of rotatable bonds is 6. The summed E-state index contributed by atoms with van der Waals surface area (Å²) >= 11 is 5.83. The average molecular weight is 323 g/mol. The van der Waals surface area contributed by atoms with Crippen molar-refractivity contribution in [1.29, 1.82) is 5.26 Å². The standard InChI is InChI=1S/C15H15ClN2O4/c1-3-21-14(19)12(15(20)22-4-2)9-18-11-5-6-13(16)10(7-11)8-17/h5-7,9,18H,3-4H2,1-2H3. The van der Waals surface area contributed by atoms with Crippen LogP contribution in [0.2, 0.25) is 5.02 Å². The molecule has 0 radical (unpaired) electrons. The molecule has 0 bridgehead atoms. The quantitative estimate of drug-likeness (QED) is 0.375. The van der Waals surface area contributed by atoms with Gasteiger partial charge in [0.2, 0.25) is 0 Å².